The van der Waals surface area contributed by atoms with Gasteiger partial charge in [0.05, 0.1) is 0 Å². The molecule has 1 heteroatoms. The Hall–Kier alpha value is -2.74. The number of terminal acetylenes is 2. The summed E-state index contributed by atoms with van der Waals surface area (Å²) in [7, 11) is 0. The van der Waals surface area contributed by atoms with Gasteiger partial charge in [0.2, 0.25) is 0 Å². The van der Waals surface area contributed by atoms with E-state index in [-0.39, 0.29) is 0 Å². The molecule has 0 fully saturated rings. The largest absolute Gasteiger partial charge is 0.406 e. The molecule has 1 nitrogen and oxygen atoms in total. The van der Waals surface area contributed by atoms with Gasteiger partial charge in [0.1, 0.15) is 11.9 Å². The monoisotopic (exact) mass is 526 g/mol. The zero-order valence-electron chi connectivity index (χ0n) is 25.3. The van der Waals surface area contributed by atoms with Crippen LogP contribution in [0.1, 0.15) is 159 Å². The van der Waals surface area contributed by atoms with Gasteiger partial charge in [-0.15, -0.1) is 12.8 Å². The van der Waals surface area contributed by atoms with Crippen molar-refractivity contribution in [1.29, 1.82) is 0 Å². The molecule has 0 bridgehead atoms. The van der Waals surface area contributed by atoms with E-state index in [1.54, 1.807) is 0 Å². The summed E-state index contributed by atoms with van der Waals surface area (Å²) < 4.78 is 5.83. The Kier molecular flexibility index (Phi) is 22.4. The Balaban J connectivity index is 2.64. The first-order valence-electron chi connectivity index (χ1n) is 16.0. The SMILES string of the molecule is C#CC#COc1cc(CCCCCCCCCCCC)c(C#CC#C)cc1CCCCCCCCCCCC. The molecule has 0 aliphatic rings. The van der Waals surface area contributed by atoms with Gasteiger partial charge >= 0.3 is 0 Å². The first kappa shape index (κ1) is 34.3. The van der Waals surface area contributed by atoms with Crippen molar-refractivity contribution >= 4 is 0 Å². The van der Waals surface area contributed by atoms with Crippen molar-refractivity contribution in [3.63, 3.8) is 0 Å². The molecule has 0 spiro atoms. The molecule has 212 valence electrons. The molecule has 0 aromatic heterocycles. The molecule has 0 amide bonds. The second-order valence-corrected chi connectivity index (χ2v) is 10.8. The predicted molar refractivity (Wildman–Crippen MR) is 170 cm³/mol. The van der Waals surface area contributed by atoms with Gasteiger partial charge in [0.15, 0.2) is 0 Å². The first-order valence-corrected chi connectivity index (χ1v) is 16.0. The summed E-state index contributed by atoms with van der Waals surface area (Å²) in [4.78, 5) is 0. The first-order chi connectivity index (χ1) is 19.3. The minimum absolute atomic E-state index is 0.821. The van der Waals surface area contributed by atoms with Crippen molar-refractivity contribution < 1.29 is 4.74 Å². The minimum Gasteiger partial charge on any atom is -0.406 e. The molecule has 0 aliphatic heterocycles. The molecule has 0 heterocycles. The maximum atomic E-state index is 5.83. The summed E-state index contributed by atoms with van der Waals surface area (Å²) in [6.45, 7) is 4.55. The molecule has 39 heavy (non-hydrogen) atoms. The summed E-state index contributed by atoms with van der Waals surface area (Å²) in [5.74, 6) is 14.3. The molecule has 1 aromatic carbocycles. The summed E-state index contributed by atoms with van der Waals surface area (Å²) in [5.41, 5.74) is 3.37. The van der Waals surface area contributed by atoms with Crippen LogP contribution in [0, 0.1) is 48.6 Å². The van der Waals surface area contributed by atoms with Gasteiger partial charge in [0.25, 0.3) is 0 Å². The molecule has 0 atom stereocenters. The zero-order valence-corrected chi connectivity index (χ0v) is 25.3. The minimum atomic E-state index is 0.821. The molecule has 0 aliphatic carbocycles. The third kappa shape index (κ3) is 18.2. The highest BCUT2D eigenvalue weighted by Gasteiger charge is 2.11. The fourth-order valence-corrected chi connectivity index (χ4v) is 5.10. The Labute approximate surface area is 242 Å². The number of ether oxygens (including phenoxy) is 1. The fraction of sp³-hybridized carbons (Fsp3) is 0.632. The van der Waals surface area contributed by atoms with Gasteiger partial charge in [0, 0.05) is 11.5 Å². The van der Waals surface area contributed by atoms with Crippen LogP contribution in [-0.4, -0.2) is 0 Å². The lowest BCUT2D eigenvalue weighted by atomic mass is 9.95. The van der Waals surface area contributed by atoms with Crippen LogP contribution >= 0.6 is 0 Å². The Morgan fingerprint density at radius 2 is 0.974 bits per heavy atom. The quantitative estimate of drug-likeness (QED) is 0.102. The van der Waals surface area contributed by atoms with Gasteiger partial charge in [-0.25, -0.2) is 0 Å². The average molecular weight is 527 g/mol. The Morgan fingerprint density at radius 1 is 0.538 bits per heavy atom. The van der Waals surface area contributed by atoms with Gasteiger partial charge < -0.3 is 4.74 Å². The topological polar surface area (TPSA) is 9.23 Å². The molecule has 0 saturated carbocycles. The van der Waals surface area contributed by atoms with Crippen LogP contribution in [0.15, 0.2) is 12.1 Å². The van der Waals surface area contributed by atoms with Crippen LogP contribution in [0.3, 0.4) is 0 Å². The Morgan fingerprint density at radius 3 is 1.44 bits per heavy atom. The third-order valence-corrected chi connectivity index (χ3v) is 7.44. The van der Waals surface area contributed by atoms with Crippen LogP contribution in [0.25, 0.3) is 0 Å². The molecular formula is C38H54O. The highest BCUT2D eigenvalue weighted by molar-refractivity contribution is 5.52. The van der Waals surface area contributed by atoms with E-state index >= 15 is 0 Å². The van der Waals surface area contributed by atoms with Crippen LogP contribution in [0.4, 0.5) is 0 Å². The van der Waals surface area contributed by atoms with Crippen molar-refractivity contribution in [2.45, 2.75) is 155 Å². The van der Waals surface area contributed by atoms with E-state index in [1.807, 2.05) is 0 Å². The summed E-state index contributed by atoms with van der Waals surface area (Å²) >= 11 is 0. The number of benzene rings is 1. The van der Waals surface area contributed by atoms with Crippen molar-refractivity contribution in [1.82, 2.24) is 0 Å². The highest BCUT2D eigenvalue weighted by atomic mass is 16.5. The number of hydrogen-bond acceptors (Lipinski definition) is 1. The lowest BCUT2D eigenvalue weighted by Gasteiger charge is -2.13. The van der Waals surface area contributed by atoms with Crippen LogP contribution in [-0.2, 0) is 12.8 Å². The Bertz CT molecular complexity index is 963. The van der Waals surface area contributed by atoms with Crippen molar-refractivity contribution in [3.05, 3.63) is 28.8 Å². The van der Waals surface area contributed by atoms with E-state index < -0.39 is 0 Å². The standard InChI is InChI=1S/C38H54O/c1-5-9-13-15-17-19-21-23-25-27-30-36-34-38(39-32-12-8-4)37(33-35(36)29-11-7-3)31-28-26-24-22-20-18-16-14-10-6-2/h3-4,33-34H,5-6,9-10,13-28,30-31H2,1-2H3. The number of rotatable bonds is 23. The van der Waals surface area contributed by atoms with Crippen molar-refractivity contribution in [2.24, 2.45) is 0 Å². The van der Waals surface area contributed by atoms with Crippen molar-refractivity contribution in [3.8, 4) is 54.3 Å². The van der Waals surface area contributed by atoms with E-state index in [2.05, 4.69) is 61.7 Å². The molecule has 0 radical (unpaired) electrons. The van der Waals surface area contributed by atoms with Gasteiger partial charge in [-0.3, -0.25) is 0 Å². The van der Waals surface area contributed by atoms with E-state index in [9.17, 15) is 0 Å². The second-order valence-electron chi connectivity index (χ2n) is 10.8. The fourth-order valence-electron chi connectivity index (χ4n) is 5.10. The maximum Gasteiger partial charge on any atom is 0.143 e. The summed E-state index contributed by atoms with van der Waals surface area (Å²) in [5, 5.41) is 0. The smallest absolute Gasteiger partial charge is 0.143 e. The molecular weight excluding hydrogens is 472 g/mol. The van der Waals surface area contributed by atoms with E-state index in [1.165, 1.54) is 121 Å². The molecule has 0 saturated heterocycles. The molecule has 0 N–H and O–H groups in total. The van der Waals surface area contributed by atoms with Gasteiger partial charge in [-0.2, -0.15) is 0 Å². The lowest BCUT2D eigenvalue weighted by molar-refractivity contribution is 0.506. The van der Waals surface area contributed by atoms with Crippen LogP contribution < -0.4 is 4.74 Å². The predicted octanol–water partition coefficient (Wildman–Crippen LogP) is 10.6. The number of aryl methyl sites for hydroxylation is 2. The average Bonchev–Trinajstić information content (AvgIpc) is 2.95. The number of hydrogen-bond donors (Lipinski definition) is 0. The maximum absolute atomic E-state index is 5.83. The summed E-state index contributed by atoms with van der Waals surface area (Å²) in [6, 6.07) is 4.31. The normalized spacial score (nSPS) is 10.1. The van der Waals surface area contributed by atoms with Crippen LogP contribution in [0.2, 0.25) is 0 Å². The highest BCUT2D eigenvalue weighted by Crippen LogP contribution is 2.27. The molecule has 1 rings (SSSR count). The van der Waals surface area contributed by atoms with Crippen molar-refractivity contribution in [2.75, 3.05) is 0 Å². The van der Waals surface area contributed by atoms with Crippen LogP contribution in [0.5, 0.6) is 5.75 Å². The molecule has 0 unspecified atom stereocenters. The molecule has 1 aromatic rings. The third-order valence-electron chi connectivity index (χ3n) is 7.44. The lowest BCUT2D eigenvalue weighted by Crippen LogP contribution is -1.99. The second kappa shape index (κ2) is 25.5. The van der Waals surface area contributed by atoms with Gasteiger partial charge in [-0.1, -0.05) is 135 Å². The zero-order chi connectivity index (χ0) is 28.2. The number of unbranched alkanes of at least 4 members (excludes halogenated alkanes) is 18. The van der Waals surface area contributed by atoms with E-state index in [0.717, 1.165) is 42.6 Å². The summed E-state index contributed by atoms with van der Waals surface area (Å²) in [6.07, 6.45) is 41.8. The van der Waals surface area contributed by atoms with E-state index in [0.29, 0.717) is 0 Å². The van der Waals surface area contributed by atoms with E-state index in [4.69, 9.17) is 17.6 Å². The van der Waals surface area contributed by atoms with Gasteiger partial charge in [-0.05, 0) is 66.7 Å².